The zero-order chi connectivity index (χ0) is 30.9. The molecule has 0 amide bonds. The molecular weight excluding hydrogens is 701 g/mol. The number of ketones is 1. The number of ether oxygens (including phenoxy) is 1. The van der Waals surface area contributed by atoms with Crippen molar-refractivity contribution in [3.8, 4) is 0 Å². The summed E-state index contributed by atoms with van der Waals surface area (Å²) >= 11 is 5.08. The third-order valence-corrected chi connectivity index (χ3v) is 5.82. The Labute approximate surface area is 362 Å². The van der Waals surface area contributed by atoms with E-state index in [1.807, 2.05) is 18.5 Å². The van der Waals surface area contributed by atoms with E-state index in [0.29, 0.717) is 18.1 Å². The summed E-state index contributed by atoms with van der Waals surface area (Å²) in [5.41, 5.74) is 7.67. The van der Waals surface area contributed by atoms with Crippen molar-refractivity contribution in [3.05, 3.63) is 100 Å². The quantitative estimate of drug-likeness (QED) is 0.117. The standard InChI is InChI=1S/C14H15FN2O.C8H6ClFO.C7H11N3O2.ClH.2K.2H2O/c1-9-4-5-12(13(15)6-9)14(18)7-11-8-17(3)10(2)16-11;1-5-2-3-6(8(9)11)7(10)4-5;1-3-12-7(11)6-9-5(8)4-10(6)2;;;;;/h4-6,8H,7H2,1-3H3;2-4H,1H3;4H,3,8H2,1-2H3;1H;;;2*1H2/q;;;;2*+1;;/p-2. The average molecular weight is 737 g/mol. The maximum absolute atomic E-state index is 13.6. The maximum Gasteiger partial charge on any atom is 1.00 e. The van der Waals surface area contributed by atoms with E-state index in [1.165, 1.54) is 28.8 Å². The molecule has 0 unspecified atom stereocenters. The molecule has 46 heavy (non-hydrogen) atoms. The molecule has 0 radical (unpaired) electrons. The monoisotopic (exact) mass is 735 g/mol. The van der Waals surface area contributed by atoms with Gasteiger partial charge in [-0.1, -0.05) is 12.1 Å². The summed E-state index contributed by atoms with van der Waals surface area (Å²) in [6, 6.07) is 8.92. The van der Waals surface area contributed by atoms with Crippen LogP contribution < -0.4 is 109 Å². The topological polar surface area (TPSA) is 182 Å². The molecule has 0 aliphatic rings. The van der Waals surface area contributed by atoms with Crippen LogP contribution in [-0.4, -0.2) is 53.7 Å². The molecule has 2 aromatic heterocycles. The number of Topliss-reactive ketones (excluding diaryl/α,β-unsaturated/α-hetero) is 1. The van der Waals surface area contributed by atoms with Gasteiger partial charge in [0, 0.05) is 26.5 Å². The van der Waals surface area contributed by atoms with Crippen LogP contribution in [0.5, 0.6) is 0 Å². The summed E-state index contributed by atoms with van der Waals surface area (Å²) in [6.07, 6.45) is 3.48. The number of nitrogens with two attached hydrogens (primary N) is 1. The number of carbonyl (C=O) groups excluding carboxylic acids is 3. The first-order chi connectivity index (χ1) is 19.2. The molecule has 4 rings (SSSR count). The number of hydrogen-bond donors (Lipinski definition) is 1. The largest absolute Gasteiger partial charge is 1.00 e. The van der Waals surface area contributed by atoms with Gasteiger partial charge in [-0.3, -0.25) is 9.59 Å². The van der Waals surface area contributed by atoms with Crippen molar-refractivity contribution in [2.45, 2.75) is 34.1 Å². The Morgan fingerprint density at radius 3 is 1.74 bits per heavy atom. The molecule has 0 fully saturated rings. The van der Waals surface area contributed by atoms with E-state index in [1.54, 1.807) is 52.3 Å². The number of aromatic nitrogens is 4. The van der Waals surface area contributed by atoms with Crippen molar-refractivity contribution in [2.24, 2.45) is 14.1 Å². The van der Waals surface area contributed by atoms with Crippen LogP contribution in [0.1, 0.15) is 60.9 Å². The molecule has 242 valence electrons. The van der Waals surface area contributed by atoms with Gasteiger partial charge in [0.25, 0.3) is 5.24 Å². The normalized spacial score (nSPS) is 9.07. The van der Waals surface area contributed by atoms with E-state index >= 15 is 0 Å². The smallest absolute Gasteiger partial charge is 0.870 e. The van der Waals surface area contributed by atoms with Crippen molar-refractivity contribution in [1.29, 1.82) is 0 Å². The fourth-order valence-electron chi connectivity index (χ4n) is 3.48. The molecule has 0 spiro atoms. The molecular formula is C29H35Cl2F2K2N5O6. The van der Waals surface area contributed by atoms with E-state index in [2.05, 4.69) is 9.97 Å². The predicted molar refractivity (Wildman–Crippen MR) is 163 cm³/mol. The number of rotatable bonds is 6. The Hall–Kier alpha value is -0.897. The molecule has 17 heteroatoms. The second kappa shape index (κ2) is 25.1. The van der Waals surface area contributed by atoms with E-state index in [0.717, 1.165) is 17.0 Å². The Balaban J connectivity index is -0.000000283. The molecule has 2 aromatic carbocycles. The summed E-state index contributed by atoms with van der Waals surface area (Å²) in [5.74, 6) is -0.336. The van der Waals surface area contributed by atoms with E-state index < -0.39 is 22.8 Å². The Bertz CT molecular complexity index is 1550. The van der Waals surface area contributed by atoms with Gasteiger partial charge in [0.1, 0.15) is 23.3 Å². The SMILES string of the molecule is CCOC(=O)c1nc(N)cn1C.Cc1ccc(C(=O)Cc2cn(C)c(C)n2)c(F)c1.Cc1ccc(C(=O)Cl)c(F)c1.Cl.[K+].[K+].[OH-].[OH-]. The average Bonchev–Trinajstić information content (AvgIpc) is 3.38. The molecule has 4 aromatic rings. The van der Waals surface area contributed by atoms with Gasteiger partial charge in [0.05, 0.1) is 29.8 Å². The Morgan fingerprint density at radius 2 is 1.37 bits per heavy atom. The molecule has 11 nitrogen and oxygen atoms in total. The molecule has 0 saturated heterocycles. The summed E-state index contributed by atoms with van der Waals surface area (Å²) in [4.78, 5) is 41.6. The maximum atomic E-state index is 13.6. The van der Waals surface area contributed by atoms with Crippen molar-refractivity contribution in [2.75, 3.05) is 12.3 Å². The summed E-state index contributed by atoms with van der Waals surface area (Å²) in [6.45, 7) is 7.47. The first-order valence-corrected chi connectivity index (χ1v) is 12.8. The van der Waals surface area contributed by atoms with Gasteiger partial charge < -0.3 is 30.6 Å². The zero-order valence-corrected chi connectivity index (χ0v) is 34.8. The summed E-state index contributed by atoms with van der Waals surface area (Å²) < 4.78 is 34.6. The van der Waals surface area contributed by atoms with Crippen LogP contribution >= 0.6 is 24.0 Å². The van der Waals surface area contributed by atoms with Crippen LogP contribution in [0.4, 0.5) is 14.6 Å². The number of anilines is 1. The number of halogens is 4. The molecule has 0 atom stereocenters. The number of hydrogen-bond acceptors (Lipinski definition) is 9. The van der Waals surface area contributed by atoms with Crippen LogP contribution in [0.15, 0.2) is 48.8 Å². The first kappa shape index (κ1) is 51.9. The van der Waals surface area contributed by atoms with Crippen LogP contribution in [0.25, 0.3) is 0 Å². The number of aryl methyl sites for hydroxylation is 5. The van der Waals surface area contributed by atoms with Gasteiger partial charge in [-0.25, -0.2) is 23.5 Å². The van der Waals surface area contributed by atoms with Crippen LogP contribution in [-0.2, 0) is 25.3 Å². The van der Waals surface area contributed by atoms with Gasteiger partial charge in [-0.2, -0.15) is 0 Å². The van der Waals surface area contributed by atoms with Gasteiger partial charge in [0.15, 0.2) is 5.78 Å². The van der Waals surface area contributed by atoms with Crippen LogP contribution in [0, 0.1) is 32.4 Å². The second-order valence-electron chi connectivity index (χ2n) is 9.05. The third-order valence-electron chi connectivity index (χ3n) is 5.61. The minimum absolute atomic E-state index is 0. The van der Waals surface area contributed by atoms with E-state index in [-0.39, 0.29) is 155 Å². The molecule has 0 saturated carbocycles. The van der Waals surface area contributed by atoms with E-state index in [9.17, 15) is 23.2 Å². The van der Waals surface area contributed by atoms with E-state index in [4.69, 9.17) is 22.1 Å². The van der Waals surface area contributed by atoms with Gasteiger partial charge in [-0.15, -0.1) is 12.4 Å². The number of nitrogens with zero attached hydrogens (tertiary/aromatic N) is 4. The molecule has 0 bridgehead atoms. The van der Waals surface area contributed by atoms with Crippen molar-refractivity contribution in [3.63, 3.8) is 0 Å². The number of esters is 1. The molecule has 4 N–H and O–H groups in total. The molecule has 0 aliphatic heterocycles. The van der Waals surface area contributed by atoms with Crippen LogP contribution in [0.3, 0.4) is 0 Å². The zero-order valence-electron chi connectivity index (χ0n) is 27.0. The van der Waals surface area contributed by atoms with Crippen molar-refractivity contribution < 1.29 is 142 Å². The minimum atomic E-state index is -0.762. The molecule has 0 aliphatic carbocycles. The Kier molecular flexibility index (Phi) is 28.4. The van der Waals surface area contributed by atoms with Crippen molar-refractivity contribution in [1.82, 2.24) is 19.1 Å². The fourth-order valence-corrected chi connectivity index (χ4v) is 3.63. The first-order valence-electron chi connectivity index (χ1n) is 12.4. The summed E-state index contributed by atoms with van der Waals surface area (Å²) in [7, 11) is 3.55. The fraction of sp³-hybridized carbons (Fsp3) is 0.276. The number of nitrogen functional groups attached to an aromatic ring is 1. The minimum Gasteiger partial charge on any atom is -0.870 e. The molecule has 2 heterocycles. The third kappa shape index (κ3) is 16.5. The van der Waals surface area contributed by atoms with Gasteiger partial charge >= 0.3 is 109 Å². The van der Waals surface area contributed by atoms with Gasteiger partial charge in [-0.05, 0) is 74.7 Å². The van der Waals surface area contributed by atoms with Crippen molar-refractivity contribution >= 4 is 46.8 Å². The Morgan fingerprint density at radius 1 is 0.870 bits per heavy atom. The predicted octanol–water partition coefficient (Wildman–Crippen LogP) is -0.630. The number of benzene rings is 2. The van der Waals surface area contributed by atoms with Gasteiger partial charge in [0.2, 0.25) is 5.82 Å². The second-order valence-corrected chi connectivity index (χ2v) is 9.39. The number of carbonyl (C=O) groups is 3. The summed E-state index contributed by atoms with van der Waals surface area (Å²) in [5, 5.41) is -0.762. The number of imidazole rings is 2. The van der Waals surface area contributed by atoms with Crippen LogP contribution in [0.2, 0.25) is 0 Å².